The Kier molecular flexibility index (Phi) is 2.15. The lowest BCUT2D eigenvalue weighted by Crippen LogP contribution is -2.04. The number of aromatic carboxylic acids is 1. The number of hydrogen-bond acceptors (Lipinski definition) is 3. The lowest BCUT2D eigenvalue weighted by Gasteiger charge is -1.98. The van der Waals surface area contributed by atoms with E-state index in [4.69, 9.17) is 5.11 Å². The van der Waals surface area contributed by atoms with Crippen LogP contribution in [0.3, 0.4) is 0 Å². The van der Waals surface area contributed by atoms with Crippen molar-refractivity contribution in [1.29, 1.82) is 0 Å². The normalized spacial score (nSPS) is 10.8. The summed E-state index contributed by atoms with van der Waals surface area (Å²) in [6.07, 6.45) is 2.32. The molecule has 2 rings (SSSR count). The predicted molar refractivity (Wildman–Crippen MR) is 54.1 cm³/mol. The molecule has 5 heteroatoms. The first-order valence-electron chi connectivity index (χ1n) is 4.70. The summed E-state index contributed by atoms with van der Waals surface area (Å²) in [5.74, 6) is -0.981. The molecule has 2 aromatic heterocycles. The second-order valence-corrected chi connectivity index (χ2v) is 3.31. The number of carbonyl (C=O) groups is 1. The number of hydrogen-bond donors (Lipinski definition) is 1. The highest BCUT2D eigenvalue weighted by Crippen LogP contribution is 2.12. The molecule has 0 spiro atoms. The molecular formula is C10H11N3O2. The lowest BCUT2D eigenvalue weighted by atomic mass is 10.3. The van der Waals surface area contributed by atoms with Gasteiger partial charge in [-0.05, 0) is 13.3 Å². The Balaban J connectivity index is 2.74. The third-order valence-corrected chi connectivity index (χ3v) is 2.31. The third-order valence-electron chi connectivity index (χ3n) is 2.31. The Morgan fingerprint density at radius 1 is 1.60 bits per heavy atom. The van der Waals surface area contributed by atoms with E-state index in [1.807, 2.05) is 6.92 Å². The van der Waals surface area contributed by atoms with Gasteiger partial charge in [0, 0.05) is 11.8 Å². The van der Waals surface area contributed by atoms with Gasteiger partial charge in [0.2, 0.25) is 0 Å². The number of nitrogens with zero attached hydrogens (tertiary/aromatic N) is 3. The zero-order valence-electron chi connectivity index (χ0n) is 8.56. The molecule has 0 aliphatic heterocycles. The van der Waals surface area contributed by atoms with Crippen LogP contribution in [0.2, 0.25) is 0 Å². The first-order chi connectivity index (χ1) is 7.13. The summed E-state index contributed by atoms with van der Waals surface area (Å²) in [4.78, 5) is 19.3. The monoisotopic (exact) mass is 205 g/mol. The average Bonchev–Trinajstić information content (AvgIpc) is 2.52. The zero-order valence-corrected chi connectivity index (χ0v) is 8.56. The van der Waals surface area contributed by atoms with Crippen molar-refractivity contribution in [2.75, 3.05) is 0 Å². The van der Waals surface area contributed by atoms with E-state index in [1.165, 1.54) is 10.7 Å². The van der Waals surface area contributed by atoms with Crippen molar-refractivity contribution in [2.45, 2.75) is 20.3 Å². The number of carboxylic acids is 1. The fourth-order valence-electron chi connectivity index (χ4n) is 1.56. The van der Waals surface area contributed by atoms with Crippen LogP contribution in [0.4, 0.5) is 0 Å². The second-order valence-electron chi connectivity index (χ2n) is 3.31. The molecule has 2 heterocycles. The van der Waals surface area contributed by atoms with Crippen molar-refractivity contribution in [3.63, 3.8) is 0 Å². The molecule has 0 aliphatic carbocycles. The molecule has 78 valence electrons. The van der Waals surface area contributed by atoms with Crippen LogP contribution in [-0.4, -0.2) is 25.4 Å². The van der Waals surface area contributed by atoms with Crippen LogP contribution in [0.1, 0.15) is 28.8 Å². The van der Waals surface area contributed by atoms with E-state index in [9.17, 15) is 4.79 Å². The molecule has 0 unspecified atom stereocenters. The van der Waals surface area contributed by atoms with E-state index in [1.54, 1.807) is 13.0 Å². The number of aryl methyl sites for hydroxylation is 2. The van der Waals surface area contributed by atoms with Gasteiger partial charge in [0.15, 0.2) is 5.69 Å². The first kappa shape index (κ1) is 9.64. The maximum atomic E-state index is 11.0. The third kappa shape index (κ3) is 1.45. The Bertz CT molecular complexity index is 531. The van der Waals surface area contributed by atoms with E-state index < -0.39 is 5.97 Å². The van der Waals surface area contributed by atoms with E-state index in [0.29, 0.717) is 11.3 Å². The van der Waals surface area contributed by atoms with Crippen LogP contribution in [0, 0.1) is 6.92 Å². The van der Waals surface area contributed by atoms with Crippen molar-refractivity contribution in [2.24, 2.45) is 0 Å². The maximum absolute atomic E-state index is 11.0. The van der Waals surface area contributed by atoms with Gasteiger partial charge in [-0.2, -0.15) is 0 Å². The maximum Gasteiger partial charge on any atom is 0.354 e. The molecule has 0 saturated carbocycles. The van der Waals surface area contributed by atoms with Crippen molar-refractivity contribution in [1.82, 2.24) is 14.4 Å². The van der Waals surface area contributed by atoms with Gasteiger partial charge in [-0.3, -0.25) is 4.40 Å². The van der Waals surface area contributed by atoms with Crippen molar-refractivity contribution in [3.05, 3.63) is 29.5 Å². The summed E-state index contributed by atoms with van der Waals surface area (Å²) < 4.78 is 1.50. The van der Waals surface area contributed by atoms with Gasteiger partial charge < -0.3 is 5.11 Å². The van der Waals surface area contributed by atoms with Crippen molar-refractivity contribution < 1.29 is 9.90 Å². The summed E-state index contributed by atoms with van der Waals surface area (Å²) in [7, 11) is 0. The van der Waals surface area contributed by atoms with Gasteiger partial charge in [-0.15, -0.1) is 0 Å². The summed E-state index contributed by atoms with van der Waals surface area (Å²) in [6.45, 7) is 3.68. The summed E-state index contributed by atoms with van der Waals surface area (Å²) in [5, 5.41) is 8.99. The van der Waals surface area contributed by atoms with Crippen LogP contribution < -0.4 is 0 Å². The second kappa shape index (κ2) is 3.34. The van der Waals surface area contributed by atoms with E-state index in [-0.39, 0.29) is 5.69 Å². The minimum Gasteiger partial charge on any atom is -0.477 e. The average molecular weight is 205 g/mol. The van der Waals surface area contributed by atoms with Crippen LogP contribution >= 0.6 is 0 Å². The number of aromatic nitrogens is 3. The Morgan fingerprint density at radius 3 is 2.93 bits per heavy atom. The van der Waals surface area contributed by atoms with Crippen LogP contribution in [0.25, 0.3) is 5.65 Å². The highest BCUT2D eigenvalue weighted by Gasteiger charge is 2.15. The van der Waals surface area contributed by atoms with Gasteiger partial charge in [-0.1, -0.05) is 6.92 Å². The number of carboxylic acid groups (broad SMARTS) is 1. The highest BCUT2D eigenvalue weighted by atomic mass is 16.4. The van der Waals surface area contributed by atoms with Gasteiger partial charge in [0.1, 0.15) is 12.0 Å². The number of fused-ring (bicyclic) bond motifs is 1. The van der Waals surface area contributed by atoms with Crippen LogP contribution in [0.15, 0.2) is 12.4 Å². The van der Waals surface area contributed by atoms with E-state index in [0.717, 1.165) is 12.1 Å². The quantitative estimate of drug-likeness (QED) is 0.802. The lowest BCUT2D eigenvalue weighted by molar-refractivity contribution is 0.0688. The smallest absolute Gasteiger partial charge is 0.354 e. The molecule has 1 N–H and O–H groups in total. The van der Waals surface area contributed by atoms with Crippen LogP contribution in [-0.2, 0) is 6.42 Å². The molecule has 2 aromatic rings. The molecule has 0 fully saturated rings. The topological polar surface area (TPSA) is 67.5 Å². The number of imidazole rings is 1. The largest absolute Gasteiger partial charge is 0.477 e. The minimum absolute atomic E-state index is 0.181. The summed E-state index contributed by atoms with van der Waals surface area (Å²) in [5.41, 5.74) is 2.24. The number of rotatable bonds is 2. The summed E-state index contributed by atoms with van der Waals surface area (Å²) in [6, 6.07) is 1.80. The predicted octanol–water partition coefficient (Wildman–Crippen LogP) is 1.30. The zero-order chi connectivity index (χ0) is 11.0. The van der Waals surface area contributed by atoms with Gasteiger partial charge in [0.25, 0.3) is 0 Å². The molecule has 0 saturated heterocycles. The van der Waals surface area contributed by atoms with E-state index in [2.05, 4.69) is 9.97 Å². The van der Waals surface area contributed by atoms with Crippen molar-refractivity contribution >= 4 is 11.6 Å². The molecule has 15 heavy (non-hydrogen) atoms. The van der Waals surface area contributed by atoms with Gasteiger partial charge in [-0.25, -0.2) is 14.8 Å². The van der Waals surface area contributed by atoms with E-state index >= 15 is 0 Å². The molecule has 0 aliphatic rings. The van der Waals surface area contributed by atoms with Gasteiger partial charge >= 0.3 is 5.97 Å². The SMILES string of the molecule is CCc1cc2nc(C)c(C(=O)O)n2cn1. The minimum atomic E-state index is -0.981. The Labute approximate surface area is 86.4 Å². The fraction of sp³-hybridized carbons (Fsp3) is 0.300. The molecule has 5 nitrogen and oxygen atoms in total. The fourth-order valence-corrected chi connectivity index (χ4v) is 1.56. The molecule has 0 atom stereocenters. The van der Waals surface area contributed by atoms with Crippen LogP contribution in [0.5, 0.6) is 0 Å². The Morgan fingerprint density at radius 2 is 2.33 bits per heavy atom. The van der Waals surface area contributed by atoms with Crippen molar-refractivity contribution in [3.8, 4) is 0 Å². The highest BCUT2D eigenvalue weighted by molar-refractivity contribution is 5.88. The Hall–Kier alpha value is -1.91. The molecule has 0 amide bonds. The van der Waals surface area contributed by atoms with Gasteiger partial charge in [0.05, 0.1) is 5.69 Å². The standard InChI is InChI=1S/C10H11N3O2/c1-3-7-4-8-12-6(2)9(10(14)15)13(8)5-11-7/h4-5H,3H2,1-2H3,(H,14,15). The molecule has 0 bridgehead atoms. The summed E-state index contributed by atoms with van der Waals surface area (Å²) >= 11 is 0. The first-order valence-corrected chi connectivity index (χ1v) is 4.70. The molecule has 0 radical (unpaired) electrons. The molecule has 0 aromatic carbocycles. The molecular weight excluding hydrogens is 194 g/mol.